The Bertz CT molecular complexity index is 693. The summed E-state index contributed by atoms with van der Waals surface area (Å²) in [5.41, 5.74) is 0.967. The number of hydrogen-bond donors (Lipinski definition) is 0. The van der Waals surface area contributed by atoms with E-state index in [0.29, 0.717) is 22.7 Å². The molecule has 2 aromatic rings. The largest absolute Gasteiger partial charge is 0.483 e. The lowest BCUT2D eigenvalue weighted by Crippen LogP contribution is -2.48. The van der Waals surface area contributed by atoms with Gasteiger partial charge >= 0.3 is 0 Å². The van der Waals surface area contributed by atoms with Crippen LogP contribution in [0.15, 0.2) is 48.5 Å². The van der Waals surface area contributed by atoms with Gasteiger partial charge in [0.25, 0.3) is 0 Å². The van der Waals surface area contributed by atoms with Crippen molar-refractivity contribution in [3.63, 3.8) is 0 Å². The Hall–Kier alpha value is -1.26. The van der Waals surface area contributed by atoms with E-state index in [1.165, 1.54) is 0 Å². The van der Waals surface area contributed by atoms with Gasteiger partial charge in [-0.05, 0) is 43.7 Å². The fourth-order valence-corrected chi connectivity index (χ4v) is 3.35. The van der Waals surface area contributed by atoms with Crippen LogP contribution in [0.4, 0.5) is 0 Å². The normalized spacial score (nSPS) is 19.8. The van der Waals surface area contributed by atoms with Crippen LogP contribution >= 0.6 is 23.2 Å². The molecule has 0 spiro atoms. The molecule has 1 fully saturated rings. The molecular weight excluding hydrogens is 357 g/mol. The van der Waals surface area contributed by atoms with Crippen LogP contribution in [0.25, 0.3) is 0 Å². The van der Waals surface area contributed by atoms with Crippen molar-refractivity contribution in [2.75, 3.05) is 19.7 Å². The summed E-state index contributed by atoms with van der Waals surface area (Å²) in [5.74, 6) is 0.809. The summed E-state index contributed by atoms with van der Waals surface area (Å²) in [5, 5.41) is 1.06. The molecule has 0 radical (unpaired) electrons. The molecule has 0 aliphatic carbocycles. The van der Waals surface area contributed by atoms with Crippen molar-refractivity contribution in [1.82, 2.24) is 4.90 Å². The third-order valence-corrected chi connectivity index (χ3v) is 5.21. The Morgan fingerprint density at radius 1 is 1.08 bits per heavy atom. The van der Waals surface area contributed by atoms with E-state index in [0.717, 1.165) is 24.4 Å². The Balaban J connectivity index is 1.89. The first-order chi connectivity index (χ1) is 12.0. The van der Waals surface area contributed by atoms with E-state index in [2.05, 4.69) is 18.7 Å². The number of halogens is 2. The van der Waals surface area contributed by atoms with Crippen LogP contribution < -0.4 is 4.74 Å². The fourth-order valence-electron chi connectivity index (χ4n) is 3.04. The summed E-state index contributed by atoms with van der Waals surface area (Å²) >= 11 is 12.3. The van der Waals surface area contributed by atoms with Crippen molar-refractivity contribution in [1.29, 1.82) is 0 Å². The number of hydrogen-bond acceptors (Lipinski definition) is 3. The summed E-state index contributed by atoms with van der Waals surface area (Å²) in [6.07, 6.45) is -0.327. The van der Waals surface area contributed by atoms with Crippen LogP contribution in [-0.4, -0.2) is 36.7 Å². The first-order valence-corrected chi connectivity index (χ1v) is 9.32. The zero-order valence-corrected chi connectivity index (χ0v) is 16.0. The van der Waals surface area contributed by atoms with Gasteiger partial charge in [-0.25, -0.2) is 0 Å². The van der Waals surface area contributed by atoms with Crippen molar-refractivity contribution in [2.24, 2.45) is 0 Å². The van der Waals surface area contributed by atoms with E-state index in [1.54, 1.807) is 0 Å². The highest BCUT2D eigenvalue weighted by Crippen LogP contribution is 2.32. The van der Waals surface area contributed by atoms with Crippen molar-refractivity contribution < 1.29 is 9.47 Å². The fraction of sp³-hybridized carbons (Fsp3) is 0.400. The Morgan fingerprint density at radius 2 is 1.84 bits per heavy atom. The summed E-state index contributed by atoms with van der Waals surface area (Å²) in [6, 6.07) is 15.9. The molecule has 1 aliphatic rings. The minimum atomic E-state index is -0.251. The highest BCUT2D eigenvalue weighted by Gasteiger charge is 2.32. The molecule has 2 aromatic carbocycles. The van der Waals surface area contributed by atoms with Gasteiger partial charge < -0.3 is 9.47 Å². The number of benzene rings is 2. The zero-order valence-electron chi connectivity index (χ0n) is 14.5. The van der Waals surface area contributed by atoms with Crippen molar-refractivity contribution in [2.45, 2.75) is 32.1 Å². The minimum absolute atomic E-state index is 0.0754. The maximum Gasteiger partial charge on any atom is 0.151 e. The van der Waals surface area contributed by atoms with Crippen molar-refractivity contribution in [3.8, 4) is 5.75 Å². The number of rotatable bonds is 5. The van der Waals surface area contributed by atoms with E-state index < -0.39 is 0 Å². The SMILES string of the molecule is CC(C)N1CCOC(C(Oc2ccccc2)c2ccc(Cl)c(Cl)c2)C1. The zero-order chi connectivity index (χ0) is 17.8. The van der Waals surface area contributed by atoms with E-state index >= 15 is 0 Å². The predicted molar refractivity (Wildman–Crippen MR) is 103 cm³/mol. The lowest BCUT2D eigenvalue weighted by molar-refractivity contribution is -0.0885. The topological polar surface area (TPSA) is 21.7 Å². The molecule has 2 atom stereocenters. The molecule has 2 unspecified atom stereocenters. The molecule has 0 amide bonds. The highest BCUT2D eigenvalue weighted by atomic mass is 35.5. The average molecular weight is 380 g/mol. The van der Waals surface area contributed by atoms with Gasteiger partial charge in [-0.3, -0.25) is 4.90 Å². The standard InChI is InChI=1S/C20H23Cl2NO2/c1-14(2)23-10-11-24-19(13-23)20(25-16-6-4-3-5-7-16)15-8-9-17(21)18(22)12-15/h3-9,12,14,19-20H,10-11,13H2,1-2H3. The smallest absolute Gasteiger partial charge is 0.151 e. The Labute approximate surface area is 159 Å². The van der Waals surface area contributed by atoms with Gasteiger partial charge in [0, 0.05) is 19.1 Å². The third kappa shape index (κ3) is 4.68. The molecule has 1 heterocycles. The quantitative estimate of drug-likeness (QED) is 0.710. The summed E-state index contributed by atoms with van der Waals surface area (Å²) in [7, 11) is 0. The second kappa shape index (κ2) is 8.41. The van der Waals surface area contributed by atoms with Crippen molar-refractivity contribution >= 4 is 23.2 Å². The van der Waals surface area contributed by atoms with E-state index in [4.69, 9.17) is 32.7 Å². The second-order valence-electron chi connectivity index (χ2n) is 6.52. The number of ether oxygens (including phenoxy) is 2. The first kappa shape index (κ1) is 18.5. The molecule has 0 N–H and O–H groups in total. The van der Waals surface area contributed by atoms with Gasteiger partial charge in [0.1, 0.15) is 11.9 Å². The molecule has 3 nitrogen and oxygen atoms in total. The monoisotopic (exact) mass is 379 g/mol. The van der Waals surface area contributed by atoms with Crippen LogP contribution in [0.1, 0.15) is 25.5 Å². The van der Waals surface area contributed by atoms with Crippen molar-refractivity contribution in [3.05, 3.63) is 64.1 Å². The molecule has 134 valence electrons. The second-order valence-corrected chi connectivity index (χ2v) is 7.34. The Kier molecular flexibility index (Phi) is 6.24. The van der Waals surface area contributed by atoms with Crippen LogP contribution in [-0.2, 0) is 4.74 Å². The van der Waals surface area contributed by atoms with Gasteiger partial charge in [0.15, 0.2) is 6.10 Å². The number of morpholine rings is 1. The molecule has 0 bridgehead atoms. The lowest BCUT2D eigenvalue weighted by Gasteiger charge is -2.39. The molecule has 1 saturated heterocycles. The van der Waals surface area contributed by atoms with E-state index in [9.17, 15) is 0 Å². The van der Waals surface area contributed by atoms with E-state index in [-0.39, 0.29) is 12.2 Å². The van der Waals surface area contributed by atoms with Crippen LogP contribution in [0.5, 0.6) is 5.75 Å². The molecule has 5 heteroatoms. The first-order valence-electron chi connectivity index (χ1n) is 8.57. The van der Waals surface area contributed by atoms with Gasteiger partial charge in [0.2, 0.25) is 0 Å². The molecule has 3 rings (SSSR count). The lowest BCUT2D eigenvalue weighted by atomic mass is 10.0. The third-order valence-electron chi connectivity index (χ3n) is 4.47. The maximum absolute atomic E-state index is 6.31. The highest BCUT2D eigenvalue weighted by molar-refractivity contribution is 6.42. The molecular formula is C20H23Cl2NO2. The van der Waals surface area contributed by atoms with Gasteiger partial charge in [-0.1, -0.05) is 47.5 Å². The summed E-state index contributed by atoms with van der Waals surface area (Å²) < 4.78 is 12.4. The van der Waals surface area contributed by atoms with Crippen LogP contribution in [0.3, 0.4) is 0 Å². The van der Waals surface area contributed by atoms with Gasteiger partial charge in [-0.15, -0.1) is 0 Å². The summed E-state index contributed by atoms with van der Waals surface area (Å²) in [4.78, 5) is 2.41. The van der Waals surface area contributed by atoms with Gasteiger partial charge in [-0.2, -0.15) is 0 Å². The molecule has 25 heavy (non-hydrogen) atoms. The van der Waals surface area contributed by atoms with Crippen LogP contribution in [0.2, 0.25) is 10.0 Å². The van der Waals surface area contributed by atoms with Crippen LogP contribution in [0, 0.1) is 0 Å². The number of nitrogens with zero attached hydrogens (tertiary/aromatic N) is 1. The molecule has 1 aliphatic heterocycles. The predicted octanol–water partition coefficient (Wildman–Crippen LogP) is 5.22. The molecule has 0 aromatic heterocycles. The van der Waals surface area contributed by atoms with Gasteiger partial charge in [0.05, 0.1) is 16.7 Å². The number of para-hydroxylation sites is 1. The minimum Gasteiger partial charge on any atom is -0.483 e. The average Bonchev–Trinajstić information content (AvgIpc) is 2.63. The molecule has 0 saturated carbocycles. The summed E-state index contributed by atoms with van der Waals surface area (Å²) in [6.45, 7) is 6.85. The van der Waals surface area contributed by atoms with E-state index in [1.807, 2.05) is 48.5 Å². The maximum atomic E-state index is 6.31. The Morgan fingerprint density at radius 3 is 2.52 bits per heavy atom.